The normalized spacial score (nSPS) is 11.9. The number of benzene rings is 4. The van der Waals surface area contributed by atoms with E-state index in [0.29, 0.717) is 0 Å². The number of anilines is 1. The molecule has 4 aromatic rings. The molecule has 0 radical (unpaired) electrons. The molecule has 0 unspecified atom stereocenters. The number of nitrogens with zero attached hydrogens (tertiary/aromatic N) is 2. The molecule has 0 aliphatic heterocycles. The summed E-state index contributed by atoms with van der Waals surface area (Å²) < 4.78 is 43.8. The number of sulfonamides is 1. The number of nitrogens with one attached hydrogen (secondary N) is 1. The summed E-state index contributed by atoms with van der Waals surface area (Å²) in [5.41, 5.74) is 1.73. The molecular weight excluding hydrogens is 612 g/mol. The fourth-order valence-electron chi connectivity index (χ4n) is 4.57. The minimum atomic E-state index is -4.36. The Bertz CT molecular complexity index is 1700. The number of likely N-dealkylation sites (N-methyl/N-ethyl adjacent to an activating group) is 1. The number of amides is 2. The highest BCUT2D eigenvalue weighted by atomic mass is 35.5. The Kier molecular flexibility index (Phi) is 10.4. The molecule has 11 heteroatoms. The predicted octanol–water partition coefficient (Wildman–Crippen LogP) is 6.02. The summed E-state index contributed by atoms with van der Waals surface area (Å²) in [5.74, 6) is -1.82. The quantitative estimate of drug-likeness (QED) is 0.217. The number of halogens is 3. The maximum atomic E-state index is 14.9. The number of aryl methyl sites for hydroxylation is 1. The Morgan fingerprint density at radius 2 is 1.53 bits per heavy atom. The summed E-state index contributed by atoms with van der Waals surface area (Å²) in [7, 11) is -2.93. The second-order valence-corrected chi connectivity index (χ2v) is 12.5. The minimum absolute atomic E-state index is 0.0199. The first-order chi connectivity index (χ1) is 20.5. The summed E-state index contributed by atoms with van der Waals surface area (Å²) in [4.78, 5) is 28.7. The third-order valence-corrected chi connectivity index (χ3v) is 9.49. The van der Waals surface area contributed by atoms with Crippen molar-refractivity contribution in [3.63, 3.8) is 0 Å². The lowest BCUT2D eigenvalue weighted by Gasteiger charge is -2.34. The Morgan fingerprint density at radius 3 is 2.19 bits per heavy atom. The van der Waals surface area contributed by atoms with E-state index in [1.54, 1.807) is 30.3 Å². The summed E-state index contributed by atoms with van der Waals surface area (Å²) in [6, 6.07) is 24.4. The molecule has 7 nitrogen and oxygen atoms in total. The van der Waals surface area contributed by atoms with Gasteiger partial charge in [0.2, 0.25) is 11.8 Å². The van der Waals surface area contributed by atoms with Gasteiger partial charge in [-0.25, -0.2) is 12.8 Å². The molecule has 0 bridgehead atoms. The first-order valence-corrected chi connectivity index (χ1v) is 15.5. The van der Waals surface area contributed by atoms with E-state index < -0.39 is 40.2 Å². The highest BCUT2D eigenvalue weighted by Crippen LogP contribution is 2.35. The molecule has 1 N–H and O–H groups in total. The fraction of sp³-hybridized carbons (Fsp3) is 0.188. The van der Waals surface area contributed by atoms with Crippen LogP contribution in [0.3, 0.4) is 0 Å². The van der Waals surface area contributed by atoms with Crippen LogP contribution in [0.2, 0.25) is 10.0 Å². The molecule has 0 aliphatic rings. The highest BCUT2D eigenvalue weighted by molar-refractivity contribution is 7.92. The van der Waals surface area contributed by atoms with Crippen molar-refractivity contribution in [1.82, 2.24) is 10.2 Å². The molecule has 0 saturated carbocycles. The van der Waals surface area contributed by atoms with Crippen LogP contribution in [-0.4, -0.2) is 44.8 Å². The van der Waals surface area contributed by atoms with Crippen LogP contribution in [-0.2, 0) is 32.6 Å². The topological polar surface area (TPSA) is 86.8 Å². The second kappa shape index (κ2) is 14.0. The zero-order chi connectivity index (χ0) is 31.1. The van der Waals surface area contributed by atoms with Gasteiger partial charge in [-0.1, -0.05) is 95.5 Å². The van der Waals surface area contributed by atoms with Crippen molar-refractivity contribution in [2.24, 2.45) is 0 Å². The first-order valence-electron chi connectivity index (χ1n) is 13.3. The molecular formula is C32H30Cl2FN3O4S. The van der Waals surface area contributed by atoms with Crippen LogP contribution in [0.15, 0.2) is 102 Å². The van der Waals surface area contributed by atoms with Gasteiger partial charge in [0.25, 0.3) is 10.0 Å². The van der Waals surface area contributed by atoms with Crippen molar-refractivity contribution in [3.8, 4) is 0 Å². The largest absolute Gasteiger partial charge is 0.357 e. The average molecular weight is 643 g/mol. The third kappa shape index (κ3) is 7.54. The van der Waals surface area contributed by atoms with Crippen LogP contribution in [0.4, 0.5) is 10.1 Å². The van der Waals surface area contributed by atoms with Crippen LogP contribution in [0.5, 0.6) is 0 Å². The monoisotopic (exact) mass is 641 g/mol. The van der Waals surface area contributed by atoms with Gasteiger partial charge in [0, 0.05) is 25.6 Å². The molecule has 4 aromatic carbocycles. The number of carbonyl (C=O) groups excluding carboxylic acids is 2. The van der Waals surface area contributed by atoms with Crippen molar-refractivity contribution in [2.75, 3.05) is 17.9 Å². The fourth-order valence-corrected chi connectivity index (χ4v) is 6.44. The summed E-state index contributed by atoms with van der Waals surface area (Å²) >= 11 is 12.7. The van der Waals surface area contributed by atoms with Gasteiger partial charge in [-0.3, -0.25) is 13.9 Å². The molecule has 0 fully saturated rings. The summed E-state index contributed by atoms with van der Waals surface area (Å²) in [6.07, 6.45) is 0.101. The van der Waals surface area contributed by atoms with Gasteiger partial charge in [-0.15, -0.1) is 0 Å². The van der Waals surface area contributed by atoms with Crippen molar-refractivity contribution >= 4 is 50.7 Å². The van der Waals surface area contributed by atoms with Crippen molar-refractivity contribution in [1.29, 1.82) is 0 Å². The van der Waals surface area contributed by atoms with Gasteiger partial charge in [0.1, 0.15) is 18.4 Å². The standard InChI is InChI=1S/C32H30Cl2FN3O4S/c1-22-15-17-25(18-16-22)43(41,42)38(28-14-8-12-26(33)31(28)34)21-30(39)37(20-24-11-6-7-13-27(24)35)29(32(40)36-2)19-23-9-4-3-5-10-23/h3-18,29H,19-21H2,1-2H3,(H,36,40)/t29-/m0/s1. The number of rotatable bonds is 11. The van der Waals surface area contributed by atoms with Crippen LogP contribution in [0, 0.1) is 12.7 Å². The maximum Gasteiger partial charge on any atom is 0.264 e. The number of hydrogen-bond acceptors (Lipinski definition) is 4. The van der Waals surface area contributed by atoms with Crippen molar-refractivity contribution < 1.29 is 22.4 Å². The summed E-state index contributed by atoms with van der Waals surface area (Å²) in [5, 5.41) is 2.61. The van der Waals surface area contributed by atoms with Gasteiger partial charge in [-0.2, -0.15) is 0 Å². The SMILES string of the molecule is CNC(=O)[C@H](Cc1ccccc1)N(Cc1ccccc1F)C(=O)CN(c1cccc(Cl)c1Cl)S(=O)(=O)c1ccc(C)cc1. The summed E-state index contributed by atoms with van der Waals surface area (Å²) in [6.45, 7) is 0.781. The van der Waals surface area contributed by atoms with Crippen LogP contribution >= 0.6 is 23.2 Å². The smallest absolute Gasteiger partial charge is 0.264 e. The van der Waals surface area contributed by atoms with E-state index in [9.17, 15) is 22.4 Å². The molecule has 1 atom stereocenters. The average Bonchev–Trinajstić information content (AvgIpc) is 3.00. The second-order valence-electron chi connectivity index (χ2n) is 9.83. The van der Waals surface area contributed by atoms with Gasteiger partial charge < -0.3 is 10.2 Å². The third-order valence-electron chi connectivity index (χ3n) is 6.90. The van der Waals surface area contributed by atoms with E-state index >= 15 is 0 Å². The van der Waals surface area contributed by atoms with E-state index in [4.69, 9.17) is 23.2 Å². The van der Waals surface area contributed by atoms with Crippen molar-refractivity contribution in [3.05, 3.63) is 130 Å². The van der Waals surface area contributed by atoms with Gasteiger partial charge in [0.05, 0.1) is 20.6 Å². The van der Waals surface area contributed by atoms with E-state index in [0.717, 1.165) is 15.4 Å². The van der Waals surface area contributed by atoms with E-state index in [1.807, 2.05) is 25.1 Å². The van der Waals surface area contributed by atoms with Crippen LogP contribution < -0.4 is 9.62 Å². The maximum absolute atomic E-state index is 14.9. The zero-order valence-corrected chi connectivity index (χ0v) is 25.8. The number of hydrogen-bond donors (Lipinski definition) is 1. The Labute approximate surface area is 260 Å². The molecule has 0 aromatic heterocycles. The minimum Gasteiger partial charge on any atom is -0.357 e. The predicted molar refractivity (Wildman–Crippen MR) is 167 cm³/mol. The Hall–Kier alpha value is -3.92. The van der Waals surface area contributed by atoms with Gasteiger partial charge in [-0.05, 0) is 42.8 Å². The molecule has 0 spiro atoms. The highest BCUT2D eigenvalue weighted by Gasteiger charge is 2.35. The van der Waals surface area contributed by atoms with E-state index in [1.165, 1.54) is 60.5 Å². The van der Waals surface area contributed by atoms with Crippen molar-refractivity contribution in [2.45, 2.75) is 30.8 Å². The zero-order valence-electron chi connectivity index (χ0n) is 23.5. The Morgan fingerprint density at radius 1 is 0.884 bits per heavy atom. The number of carbonyl (C=O) groups is 2. The lowest BCUT2D eigenvalue weighted by molar-refractivity contribution is -0.139. The molecule has 224 valence electrons. The lowest BCUT2D eigenvalue weighted by atomic mass is 10.0. The van der Waals surface area contributed by atoms with Gasteiger partial charge in [0.15, 0.2) is 0 Å². The molecule has 2 amide bonds. The van der Waals surface area contributed by atoms with Gasteiger partial charge >= 0.3 is 0 Å². The Balaban J connectivity index is 1.83. The van der Waals surface area contributed by atoms with Crippen LogP contribution in [0.25, 0.3) is 0 Å². The molecule has 0 saturated heterocycles. The molecule has 43 heavy (non-hydrogen) atoms. The molecule has 0 heterocycles. The first kappa shape index (κ1) is 32.0. The van der Waals surface area contributed by atoms with Crippen LogP contribution in [0.1, 0.15) is 16.7 Å². The molecule has 0 aliphatic carbocycles. The van der Waals surface area contributed by atoms with E-state index in [-0.39, 0.29) is 39.2 Å². The van der Waals surface area contributed by atoms with E-state index in [2.05, 4.69) is 5.32 Å². The molecule has 4 rings (SSSR count). The lowest BCUT2D eigenvalue weighted by Crippen LogP contribution is -2.53.